The highest BCUT2D eigenvalue weighted by atomic mass is 32.2. The number of amides is 2. The fourth-order valence-electron chi connectivity index (χ4n) is 4.03. The smallest absolute Gasteiger partial charge is 0.415 e. The molecule has 2 amide bonds. The Morgan fingerprint density at radius 3 is 2.76 bits per heavy atom. The van der Waals surface area contributed by atoms with Gasteiger partial charge in [-0.3, -0.25) is 14.7 Å². The highest BCUT2D eigenvalue weighted by molar-refractivity contribution is 7.98. The molecule has 0 bridgehead atoms. The van der Waals surface area contributed by atoms with Crippen molar-refractivity contribution in [3.63, 3.8) is 0 Å². The molecule has 0 unspecified atom stereocenters. The Morgan fingerprint density at radius 2 is 2.12 bits per heavy atom. The summed E-state index contributed by atoms with van der Waals surface area (Å²) in [6.07, 6.45) is 9.89. The van der Waals surface area contributed by atoms with Crippen molar-refractivity contribution in [2.75, 3.05) is 29.6 Å². The monoisotopic (exact) mass is 482 g/mol. The third kappa shape index (κ3) is 5.18. The van der Waals surface area contributed by atoms with Gasteiger partial charge in [0.2, 0.25) is 0 Å². The summed E-state index contributed by atoms with van der Waals surface area (Å²) in [5.41, 5.74) is 1.58. The van der Waals surface area contributed by atoms with E-state index in [1.54, 1.807) is 35.6 Å². The van der Waals surface area contributed by atoms with Crippen LogP contribution >= 0.6 is 11.8 Å². The third-order valence-corrected chi connectivity index (χ3v) is 6.24. The SMILES string of the molecule is CSc1cnc2[nH]cc(NC(=O)c3cccnc3)c2c1N(C(=O)OC(C)(C)C)[C@@H]1CCCNC1. The van der Waals surface area contributed by atoms with Crippen LogP contribution in [-0.4, -0.2) is 57.9 Å². The van der Waals surface area contributed by atoms with E-state index in [-0.39, 0.29) is 11.9 Å². The standard InChI is InChI=1S/C24H30N6O3S/c1-24(2,3)33-23(32)30(16-8-6-10-26-12-16)20-18(34-4)14-28-21-19(20)17(13-27-21)29-22(31)15-7-5-9-25-11-15/h5,7,9,11,13-14,16,26H,6,8,10,12H2,1-4H3,(H,27,28)(H,29,31)/t16-/m1/s1. The lowest BCUT2D eigenvalue weighted by atomic mass is 10.0. The van der Waals surface area contributed by atoms with Crippen molar-refractivity contribution >= 4 is 46.2 Å². The second-order valence-electron chi connectivity index (χ2n) is 9.15. The molecule has 0 aromatic carbocycles. The van der Waals surface area contributed by atoms with E-state index in [2.05, 4.69) is 25.6 Å². The minimum atomic E-state index is -0.654. The Morgan fingerprint density at radius 1 is 1.29 bits per heavy atom. The van der Waals surface area contributed by atoms with Crippen LogP contribution in [0.1, 0.15) is 44.0 Å². The van der Waals surface area contributed by atoms with Crippen molar-refractivity contribution in [1.29, 1.82) is 0 Å². The number of aromatic amines is 1. The first-order valence-corrected chi connectivity index (χ1v) is 12.5. The first kappa shape index (κ1) is 24.0. The van der Waals surface area contributed by atoms with Crippen LogP contribution in [0.15, 0.2) is 41.8 Å². The van der Waals surface area contributed by atoms with Crippen molar-refractivity contribution in [3.8, 4) is 0 Å². The molecule has 4 rings (SSSR count). The minimum Gasteiger partial charge on any atom is -0.443 e. The predicted molar refractivity (Wildman–Crippen MR) is 135 cm³/mol. The highest BCUT2D eigenvalue weighted by Gasteiger charge is 2.34. The molecule has 3 aromatic rings. The molecule has 1 saturated heterocycles. The van der Waals surface area contributed by atoms with Crippen molar-refractivity contribution in [2.24, 2.45) is 0 Å². The number of rotatable bonds is 5. The summed E-state index contributed by atoms with van der Waals surface area (Å²) in [7, 11) is 0. The predicted octanol–water partition coefficient (Wildman–Crippen LogP) is 4.43. The maximum absolute atomic E-state index is 13.6. The number of pyridine rings is 2. The van der Waals surface area contributed by atoms with Gasteiger partial charge in [0.1, 0.15) is 11.2 Å². The highest BCUT2D eigenvalue weighted by Crippen LogP contribution is 2.41. The van der Waals surface area contributed by atoms with Crippen molar-refractivity contribution in [2.45, 2.75) is 50.2 Å². The van der Waals surface area contributed by atoms with Gasteiger partial charge < -0.3 is 20.4 Å². The second-order valence-corrected chi connectivity index (χ2v) is 10.00. The van der Waals surface area contributed by atoms with Gasteiger partial charge in [-0.2, -0.15) is 0 Å². The lowest BCUT2D eigenvalue weighted by Crippen LogP contribution is -2.50. The van der Waals surface area contributed by atoms with E-state index in [4.69, 9.17) is 4.74 Å². The average Bonchev–Trinajstić information content (AvgIpc) is 3.22. The number of H-pyrrole nitrogens is 1. The van der Waals surface area contributed by atoms with Crippen LogP contribution in [-0.2, 0) is 4.74 Å². The molecule has 1 fully saturated rings. The number of hydrogen-bond acceptors (Lipinski definition) is 7. The molecule has 0 saturated carbocycles. The van der Waals surface area contributed by atoms with E-state index in [1.807, 2.05) is 27.0 Å². The van der Waals surface area contributed by atoms with Crippen molar-refractivity contribution in [1.82, 2.24) is 20.3 Å². The summed E-state index contributed by atoms with van der Waals surface area (Å²) in [6, 6.07) is 3.31. The summed E-state index contributed by atoms with van der Waals surface area (Å²) in [5.74, 6) is -0.294. The molecule has 1 atom stereocenters. The van der Waals surface area contributed by atoms with Crippen molar-refractivity contribution < 1.29 is 14.3 Å². The summed E-state index contributed by atoms with van der Waals surface area (Å²) < 4.78 is 5.85. The van der Waals surface area contributed by atoms with Crippen LogP contribution in [0.3, 0.4) is 0 Å². The van der Waals surface area contributed by atoms with E-state index >= 15 is 0 Å². The van der Waals surface area contributed by atoms with Crippen LogP contribution in [0.4, 0.5) is 16.2 Å². The van der Waals surface area contributed by atoms with E-state index in [9.17, 15) is 9.59 Å². The van der Waals surface area contributed by atoms with Crippen LogP contribution in [0.2, 0.25) is 0 Å². The van der Waals surface area contributed by atoms with Gasteiger partial charge >= 0.3 is 6.09 Å². The van der Waals surface area contributed by atoms with Gasteiger partial charge in [0.15, 0.2) is 0 Å². The van der Waals surface area contributed by atoms with Gasteiger partial charge in [0, 0.05) is 31.3 Å². The number of anilines is 2. The molecule has 3 aromatic heterocycles. The number of nitrogens with zero attached hydrogens (tertiary/aromatic N) is 3. The molecule has 0 spiro atoms. The molecule has 34 heavy (non-hydrogen) atoms. The Hall–Kier alpha value is -3.11. The number of carbonyl (C=O) groups excluding carboxylic acids is 2. The van der Waals surface area contributed by atoms with Crippen LogP contribution < -0.4 is 15.5 Å². The summed E-state index contributed by atoms with van der Waals surface area (Å²) in [6.45, 7) is 7.13. The van der Waals surface area contributed by atoms with Gasteiger partial charge in [-0.15, -0.1) is 11.8 Å². The quantitative estimate of drug-likeness (QED) is 0.461. The first-order valence-electron chi connectivity index (χ1n) is 11.3. The number of nitrogens with one attached hydrogen (secondary N) is 3. The first-order chi connectivity index (χ1) is 16.3. The Labute approximate surface area is 203 Å². The van der Waals surface area contributed by atoms with Gasteiger partial charge in [0.05, 0.1) is 33.3 Å². The molecule has 9 nitrogen and oxygen atoms in total. The molecule has 3 N–H and O–H groups in total. The number of ether oxygens (including phenoxy) is 1. The zero-order valence-electron chi connectivity index (χ0n) is 19.8. The zero-order valence-corrected chi connectivity index (χ0v) is 20.7. The van der Waals surface area contributed by atoms with Crippen LogP contribution in [0, 0.1) is 0 Å². The van der Waals surface area contributed by atoms with E-state index in [0.29, 0.717) is 34.5 Å². The van der Waals surface area contributed by atoms with E-state index in [1.165, 1.54) is 18.0 Å². The molecule has 180 valence electrons. The normalized spacial score (nSPS) is 16.3. The number of thioether (sulfide) groups is 1. The third-order valence-electron chi connectivity index (χ3n) is 5.50. The van der Waals surface area contributed by atoms with Crippen LogP contribution in [0.5, 0.6) is 0 Å². The minimum absolute atomic E-state index is 0.100. The largest absolute Gasteiger partial charge is 0.443 e. The molecular formula is C24H30N6O3S. The Balaban J connectivity index is 1.84. The van der Waals surface area contributed by atoms with Gasteiger partial charge in [0.25, 0.3) is 5.91 Å². The Kier molecular flexibility index (Phi) is 7.08. The molecular weight excluding hydrogens is 452 g/mol. The maximum atomic E-state index is 13.6. The maximum Gasteiger partial charge on any atom is 0.415 e. The molecule has 10 heteroatoms. The fraction of sp³-hybridized carbons (Fsp3) is 0.417. The van der Waals surface area contributed by atoms with Gasteiger partial charge in [-0.05, 0) is 58.5 Å². The molecule has 4 heterocycles. The average molecular weight is 483 g/mol. The second kappa shape index (κ2) is 10.0. The molecule has 0 aliphatic carbocycles. The number of fused-ring (bicyclic) bond motifs is 1. The lowest BCUT2D eigenvalue weighted by Gasteiger charge is -2.37. The molecule has 1 aliphatic rings. The van der Waals surface area contributed by atoms with Gasteiger partial charge in [-0.25, -0.2) is 9.78 Å². The fourth-order valence-corrected chi connectivity index (χ4v) is 4.58. The molecule has 1 aliphatic heterocycles. The molecule has 0 radical (unpaired) electrons. The van der Waals surface area contributed by atoms with Crippen molar-refractivity contribution in [3.05, 3.63) is 42.5 Å². The number of carbonyl (C=O) groups is 2. The summed E-state index contributed by atoms with van der Waals surface area (Å²) in [5, 5.41) is 7.03. The van der Waals surface area contributed by atoms with Crippen LogP contribution in [0.25, 0.3) is 11.0 Å². The lowest BCUT2D eigenvalue weighted by molar-refractivity contribution is 0.0560. The summed E-state index contributed by atoms with van der Waals surface area (Å²) >= 11 is 1.50. The van der Waals surface area contributed by atoms with Gasteiger partial charge in [-0.1, -0.05) is 0 Å². The number of piperidine rings is 1. The van der Waals surface area contributed by atoms with E-state index in [0.717, 1.165) is 24.3 Å². The number of aromatic nitrogens is 3. The number of hydrogen-bond donors (Lipinski definition) is 3. The summed E-state index contributed by atoms with van der Waals surface area (Å²) in [4.78, 5) is 40.8. The van der Waals surface area contributed by atoms with E-state index < -0.39 is 11.7 Å². The Bertz CT molecular complexity index is 1170. The topological polar surface area (TPSA) is 112 Å². The zero-order chi connectivity index (χ0) is 24.3.